The topological polar surface area (TPSA) is 73.6 Å². The standard InChI is InChI=1S/C9H13N3/c10-6-1-3-9(5-8-12)4-2-7-11/h5H,1-4,8,12H2. The molecule has 0 saturated heterocycles. The van der Waals surface area contributed by atoms with Gasteiger partial charge in [-0.2, -0.15) is 10.5 Å². The summed E-state index contributed by atoms with van der Waals surface area (Å²) in [5, 5.41) is 16.7. The van der Waals surface area contributed by atoms with E-state index in [1.165, 1.54) is 0 Å². The van der Waals surface area contributed by atoms with E-state index >= 15 is 0 Å². The molecular formula is C9H13N3. The number of hydrogen-bond acceptors (Lipinski definition) is 3. The maximum atomic E-state index is 8.34. The fourth-order valence-corrected chi connectivity index (χ4v) is 0.929. The second-order valence-corrected chi connectivity index (χ2v) is 2.41. The largest absolute Gasteiger partial charge is 0.327 e. The van der Waals surface area contributed by atoms with Gasteiger partial charge in [-0.15, -0.1) is 0 Å². The van der Waals surface area contributed by atoms with E-state index < -0.39 is 0 Å². The summed E-state index contributed by atoms with van der Waals surface area (Å²) in [6.07, 6.45) is 4.41. The van der Waals surface area contributed by atoms with Crippen molar-refractivity contribution < 1.29 is 0 Å². The molecule has 0 fully saturated rings. The Bertz CT molecular complexity index is 197. The first kappa shape index (κ1) is 10.7. The molecule has 64 valence electrons. The van der Waals surface area contributed by atoms with Crippen LogP contribution in [0, 0.1) is 22.7 Å². The van der Waals surface area contributed by atoms with Crippen LogP contribution in [-0.2, 0) is 0 Å². The van der Waals surface area contributed by atoms with Crippen LogP contribution in [0.25, 0.3) is 0 Å². The zero-order valence-corrected chi connectivity index (χ0v) is 7.08. The molecule has 2 N–H and O–H groups in total. The van der Waals surface area contributed by atoms with E-state index in [9.17, 15) is 0 Å². The van der Waals surface area contributed by atoms with Crippen LogP contribution >= 0.6 is 0 Å². The first-order valence-corrected chi connectivity index (χ1v) is 3.97. The molecule has 0 atom stereocenters. The molecule has 0 aromatic heterocycles. The van der Waals surface area contributed by atoms with Crippen molar-refractivity contribution in [3.8, 4) is 12.1 Å². The summed E-state index contributed by atoms with van der Waals surface area (Å²) < 4.78 is 0. The summed E-state index contributed by atoms with van der Waals surface area (Å²) in [6.45, 7) is 0.492. The van der Waals surface area contributed by atoms with Crippen molar-refractivity contribution in [1.29, 1.82) is 10.5 Å². The van der Waals surface area contributed by atoms with E-state index in [-0.39, 0.29) is 0 Å². The molecule has 0 aromatic rings. The van der Waals surface area contributed by atoms with Gasteiger partial charge in [0.1, 0.15) is 0 Å². The lowest BCUT2D eigenvalue weighted by molar-refractivity contribution is 0.866. The minimum atomic E-state index is 0.492. The first-order valence-electron chi connectivity index (χ1n) is 3.97. The molecular weight excluding hydrogens is 150 g/mol. The third kappa shape index (κ3) is 5.46. The van der Waals surface area contributed by atoms with Gasteiger partial charge >= 0.3 is 0 Å². The molecule has 0 amide bonds. The number of nitrogens with two attached hydrogens (primary N) is 1. The van der Waals surface area contributed by atoms with E-state index in [1.54, 1.807) is 0 Å². The van der Waals surface area contributed by atoms with E-state index in [0.717, 1.165) is 18.4 Å². The van der Waals surface area contributed by atoms with Gasteiger partial charge in [-0.3, -0.25) is 0 Å². The molecule has 0 aromatic carbocycles. The van der Waals surface area contributed by atoms with Crippen molar-refractivity contribution in [3.63, 3.8) is 0 Å². The van der Waals surface area contributed by atoms with Crippen molar-refractivity contribution in [2.75, 3.05) is 6.54 Å². The lowest BCUT2D eigenvalue weighted by atomic mass is 10.1. The van der Waals surface area contributed by atoms with Gasteiger partial charge < -0.3 is 5.73 Å². The Morgan fingerprint density at radius 1 is 1.17 bits per heavy atom. The molecule has 0 bridgehead atoms. The highest BCUT2D eigenvalue weighted by Crippen LogP contribution is 2.10. The number of nitriles is 2. The van der Waals surface area contributed by atoms with Gasteiger partial charge in [0.15, 0.2) is 0 Å². The van der Waals surface area contributed by atoms with Gasteiger partial charge in [0, 0.05) is 19.4 Å². The minimum Gasteiger partial charge on any atom is -0.327 e. The average Bonchev–Trinajstić information content (AvgIpc) is 2.10. The second-order valence-electron chi connectivity index (χ2n) is 2.41. The highest BCUT2D eigenvalue weighted by atomic mass is 14.5. The molecule has 12 heavy (non-hydrogen) atoms. The monoisotopic (exact) mass is 163 g/mol. The molecule has 0 aliphatic heterocycles. The van der Waals surface area contributed by atoms with E-state index in [2.05, 4.69) is 12.1 Å². The summed E-state index contributed by atoms with van der Waals surface area (Å²) >= 11 is 0. The van der Waals surface area contributed by atoms with Crippen molar-refractivity contribution in [2.24, 2.45) is 5.73 Å². The summed E-state index contributed by atoms with van der Waals surface area (Å²) in [5.74, 6) is 0. The molecule has 0 aliphatic carbocycles. The molecule has 0 heterocycles. The first-order chi connectivity index (χ1) is 5.85. The Balaban J connectivity index is 3.82. The van der Waals surface area contributed by atoms with Crippen LogP contribution in [0.2, 0.25) is 0 Å². The fraction of sp³-hybridized carbons (Fsp3) is 0.556. The lowest BCUT2D eigenvalue weighted by Crippen LogP contribution is -1.96. The van der Waals surface area contributed by atoms with E-state index in [1.807, 2.05) is 6.08 Å². The van der Waals surface area contributed by atoms with Gasteiger partial charge in [-0.1, -0.05) is 11.6 Å². The number of nitrogens with zero attached hydrogens (tertiary/aromatic N) is 2. The summed E-state index contributed by atoms with van der Waals surface area (Å²) in [6, 6.07) is 4.14. The molecule has 0 saturated carbocycles. The minimum absolute atomic E-state index is 0.492. The van der Waals surface area contributed by atoms with Gasteiger partial charge in [0.25, 0.3) is 0 Å². The molecule has 0 rings (SSSR count). The van der Waals surface area contributed by atoms with E-state index in [0.29, 0.717) is 19.4 Å². The van der Waals surface area contributed by atoms with Crippen LogP contribution in [0.1, 0.15) is 25.7 Å². The zero-order valence-electron chi connectivity index (χ0n) is 7.08. The number of allylic oxidation sites excluding steroid dienone is 1. The quantitative estimate of drug-likeness (QED) is 0.624. The Labute approximate surface area is 73.1 Å². The molecule has 0 radical (unpaired) electrons. The predicted molar refractivity (Wildman–Crippen MR) is 46.8 cm³/mol. The molecule has 3 nitrogen and oxygen atoms in total. The zero-order chi connectivity index (χ0) is 9.23. The Kier molecular flexibility index (Phi) is 6.93. The smallest absolute Gasteiger partial charge is 0.0625 e. The van der Waals surface area contributed by atoms with Crippen LogP contribution in [0.4, 0.5) is 0 Å². The Morgan fingerprint density at radius 3 is 2.00 bits per heavy atom. The lowest BCUT2D eigenvalue weighted by Gasteiger charge is -2.00. The number of rotatable bonds is 5. The van der Waals surface area contributed by atoms with Crippen molar-refractivity contribution in [1.82, 2.24) is 0 Å². The van der Waals surface area contributed by atoms with Gasteiger partial charge in [-0.05, 0) is 12.8 Å². The molecule has 0 spiro atoms. The fourth-order valence-electron chi connectivity index (χ4n) is 0.929. The summed E-state index contributed by atoms with van der Waals surface area (Å²) in [4.78, 5) is 0. The van der Waals surface area contributed by atoms with Crippen molar-refractivity contribution >= 4 is 0 Å². The van der Waals surface area contributed by atoms with Crippen molar-refractivity contribution in [2.45, 2.75) is 25.7 Å². The van der Waals surface area contributed by atoms with E-state index in [4.69, 9.17) is 16.3 Å². The number of hydrogen-bond donors (Lipinski definition) is 1. The Morgan fingerprint density at radius 2 is 1.67 bits per heavy atom. The van der Waals surface area contributed by atoms with Crippen LogP contribution in [0.3, 0.4) is 0 Å². The van der Waals surface area contributed by atoms with Gasteiger partial charge in [-0.25, -0.2) is 0 Å². The Hall–Kier alpha value is -1.32. The maximum Gasteiger partial charge on any atom is 0.0625 e. The summed E-state index contributed by atoms with van der Waals surface area (Å²) in [7, 11) is 0. The van der Waals surface area contributed by atoms with Crippen molar-refractivity contribution in [3.05, 3.63) is 11.6 Å². The molecule has 0 unspecified atom stereocenters. The van der Waals surface area contributed by atoms with Gasteiger partial charge in [0.2, 0.25) is 0 Å². The van der Waals surface area contributed by atoms with Crippen LogP contribution < -0.4 is 5.73 Å². The van der Waals surface area contributed by atoms with Crippen LogP contribution in [0.15, 0.2) is 11.6 Å². The van der Waals surface area contributed by atoms with Crippen LogP contribution in [0.5, 0.6) is 0 Å². The molecule has 3 heteroatoms. The van der Waals surface area contributed by atoms with Gasteiger partial charge in [0.05, 0.1) is 12.1 Å². The normalized spacial score (nSPS) is 8.25. The second kappa shape index (κ2) is 7.78. The predicted octanol–water partition coefficient (Wildman–Crippen LogP) is 1.48. The highest BCUT2D eigenvalue weighted by molar-refractivity contribution is 5.05. The highest BCUT2D eigenvalue weighted by Gasteiger charge is 1.95. The maximum absolute atomic E-state index is 8.34. The SMILES string of the molecule is N#CCCC(=CCN)CCC#N. The third-order valence-electron chi connectivity index (χ3n) is 1.52. The average molecular weight is 163 g/mol. The summed E-state index contributed by atoms with van der Waals surface area (Å²) in [5.41, 5.74) is 6.46. The third-order valence-corrected chi connectivity index (χ3v) is 1.52. The molecule has 0 aliphatic rings. The van der Waals surface area contributed by atoms with Crippen LogP contribution in [-0.4, -0.2) is 6.54 Å².